The van der Waals surface area contributed by atoms with Crippen LogP contribution in [0.15, 0.2) is 0 Å². The highest BCUT2D eigenvalue weighted by molar-refractivity contribution is 6.52. The minimum atomic E-state index is -0.704. The van der Waals surface area contributed by atoms with Gasteiger partial charge in [0, 0.05) is 6.61 Å². The van der Waals surface area contributed by atoms with Crippen molar-refractivity contribution < 1.29 is 14.3 Å². The molecule has 0 radical (unpaired) electrons. The molecule has 1 fully saturated rings. The van der Waals surface area contributed by atoms with Crippen molar-refractivity contribution in [2.75, 3.05) is 13.2 Å². The van der Waals surface area contributed by atoms with E-state index >= 15 is 0 Å². The second kappa shape index (κ2) is 7.14. The van der Waals surface area contributed by atoms with Gasteiger partial charge < -0.3 is 9.47 Å². The van der Waals surface area contributed by atoms with E-state index in [-0.39, 0.29) is 38.6 Å². The molecule has 110 valence electrons. The lowest BCUT2D eigenvalue weighted by Crippen LogP contribution is -2.26. The number of carbonyl (C=O) groups is 1. The van der Waals surface area contributed by atoms with Gasteiger partial charge in [-0.25, -0.2) is 9.78 Å². The van der Waals surface area contributed by atoms with Crippen LogP contribution in [0.25, 0.3) is 0 Å². The highest BCUT2D eigenvalue weighted by atomic mass is 35.5. The molecule has 1 aliphatic rings. The third-order valence-corrected chi connectivity index (χ3v) is 4.53. The lowest BCUT2D eigenvalue weighted by atomic mass is 10.1. The molecule has 1 aromatic rings. The zero-order chi connectivity index (χ0) is 14.7. The molecule has 1 aliphatic heterocycles. The normalized spacial score (nSPS) is 18.9. The number of aromatic nitrogens is 1. The van der Waals surface area contributed by atoms with E-state index in [9.17, 15) is 4.79 Å². The third kappa shape index (κ3) is 3.68. The van der Waals surface area contributed by atoms with E-state index < -0.39 is 5.97 Å². The lowest BCUT2D eigenvalue weighted by Gasteiger charge is -2.22. The largest absolute Gasteiger partial charge is 0.458 e. The summed E-state index contributed by atoms with van der Waals surface area (Å²) in [5, 5.41) is -0.183. The van der Waals surface area contributed by atoms with Crippen LogP contribution in [-0.2, 0) is 9.47 Å². The van der Waals surface area contributed by atoms with Crippen LogP contribution in [0.3, 0.4) is 0 Å². The number of nitrogens with zero attached hydrogens (tertiary/aromatic N) is 1. The maximum absolute atomic E-state index is 11.9. The van der Waals surface area contributed by atoms with Gasteiger partial charge in [0.2, 0.25) is 0 Å². The van der Waals surface area contributed by atoms with E-state index in [4.69, 9.17) is 55.9 Å². The molecule has 1 unspecified atom stereocenters. The van der Waals surface area contributed by atoms with Crippen LogP contribution in [0, 0.1) is 0 Å². The maximum atomic E-state index is 11.9. The number of rotatable bonds is 3. The number of carbonyl (C=O) groups excluding carboxylic acids is 1. The predicted octanol–water partition coefficient (Wildman–Crippen LogP) is 4.42. The zero-order valence-corrected chi connectivity index (χ0v) is 13.3. The summed E-state index contributed by atoms with van der Waals surface area (Å²) in [6, 6.07) is 0. The number of hydrogen-bond acceptors (Lipinski definition) is 4. The topological polar surface area (TPSA) is 48.4 Å². The van der Waals surface area contributed by atoms with Gasteiger partial charge in [-0.3, -0.25) is 0 Å². The first-order chi connectivity index (χ1) is 9.50. The van der Waals surface area contributed by atoms with Crippen molar-refractivity contribution in [1.82, 2.24) is 4.98 Å². The van der Waals surface area contributed by atoms with Crippen molar-refractivity contribution in [3.05, 3.63) is 25.9 Å². The summed E-state index contributed by atoms with van der Waals surface area (Å²) in [6.07, 6.45) is 2.85. The summed E-state index contributed by atoms with van der Waals surface area (Å²) >= 11 is 23.3. The van der Waals surface area contributed by atoms with E-state index in [0.717, 1.165) is 19.3 Å². The Hall–Kier alpha value is -0.260. The summed E-state index contributed by atoms with van der Waals surface area (Å²) in [4.78, 5) is 15.7. The van der Waals surface area contributed by atoms with Gasteiger partial charge in [-0.15, -0.1) is 0 Å². The van der Waals surface area contributed by atoms with Crippen LogP contribution < -0.4 is 0 Å². The van der Waals surface area contributed by atoms with Crippen LogP contribution in [0.2, 0.25) is 20.2 Å². The first-order valence-corrected chi connectivity index (χ1v) is 7.50. The van der Waals surface area contributed by atoms with Crippen molar-refractivity contribution in [3.8, 4) is 0 Å². The van der Waals surface area contributed by atoms with E-state index in [2.05, 4.69) is 4.98 Å². The first kappa shape index (κ1) is 16.1. The summed E-state index contributed by atoms with van der Waals surface area (Å²) in [6.45, 7) is 0.828. The van der Waals surface area contributed by atoms with E-state index in [1.54, 1.807) is 0 Å². The van der Waals surface area contributed by atoms with Gasteiger partial charge >= 0.3 is 5.97 Å². The molecule has 4 nitrogen and oxygen atoms in total. The lowest BCUT2D eigenvalue weighted by molar-refractivity contribution is -0.0302. The fourth-order valence-corrected chi connectivity index (χ4v) is 2.60. The van der Waals surface area contributed by atoms with E-state index in [0.29, 0.717) is 6.61 Å². The molecule has 2 heterocycles. The molecule has 2 rings (SSSR count). The number of pyridine rings is 1. The Balaban J connectivity index is 2.05. The number of hydrogen-bond donors (Lipinski definition) is 0. The minimum absolute atomic E-state index is 0.00509. The Kier molecular flexibility index (Phi) is 5.75. The number of esters is 1. The Morgan fingerprint density at radius 1 is 1.20 bits per heavy atom. The molecule has 0 aromatic carbocycles. The van der Waals surface area contributed by atoms with Crippen molar-refractivity contribution >= 4 is 52.4 Å². The van der Waals surface area contributed by atoms with Gasteiger partial charge in [-0.1, -0.05) is 46.4 Å². The predicted molar refractivity (Wildman–Crippen MR) is 78.2 cm³/mol. The number of ether oxygens (including phenoxy) is 2. The summed E-state index contributed by atoms with van der Waals surface area (Å²) < 4.78 is 10.6. The smallest absolute Gasteiger partial charge is 0.358 e. The van der Waals surface area contributed by atoms with Crippen molar-refractivity contribution in [2.24, 2.45) is 0 Å². The molecular formula is C12H11Cl4NO3. The first-order valence-electron chi connectivity index (χ1n) is 5.99. The molecule has 1 aromatic heterocycles. The maximum Gasteiger partial charge on any atom is 0.358 e. The molecule has 0 N–H and O–H groups in total. The van der Waals surface area contributed by atoms with Crippen LogP contribution in [0.1, 0.15) is 29.8 Å². The molecule has 0 aliphatic carbocycles. The summed E-state index contributed by atoms with van der Waals surface area (Å²) in [5.41, 5.74) is -0.151. The second-order valence-corrected chi connectivity index (χ2v) is 5.77. The molecule has 0 spiro atoms. The number of halogens is 4. The van der Waals surface area contributed by atoms with Crippen LogP contribution in [0.5, 0.6) is 0 Å². The fourth-order valence-electron chi connectivity index (χ4n) is 1.80. The van der Waals surface area contributed by atoms with E-state index in [1.165, 1.54) is 0 Å². The molecular weight excluding hydrogens is 348 g/mol. The third-order valence-electron chi connectivity index (χ3n) is 2.85. The Morgan fingerprint density at radius 2 is 1.95 bits per heavy atom. The average Bonchev–Trinajstić information content (AvgIpc) is 2.47. The highest BCUT2D eigenvalue weighted by Crippen LogP contribution is 2.36. The van der Waals surface area contributed by atoms with Crippen molar-refractivity contribution in [2.45, 2.75) is 25.4 Å². The average molecular weight is 359 g/mol. The monoisotopic (exact) mass is 357 g/mol. The Bertz CT molecular complexity index is 518. The van der Waals surface area contributed by atoms with Gasteiger partial charge in [0.15, 0.2) is 5.69 Å². The van der Waals surface area contributed by atoms with Crippen LogP contribution in [0.4, 0.5) is 0 Å². The minimum Gasteiger partial charge on any atom is -0.458 e. The molecule has 0 saturated carbocycles. The SMILES string of the molecule is O=C(OCC1CCCCO1)c1nc(Cl)c(Cl)c(Cl)c1Cl. The standard InChI is InChI=1S/C12H11Cl4NO3/c13-7-8(14)10(17-11(16)9(7)15)12(18)20-5-6-3-1-2-4-19-6/h6H,1-5H2. The fraction of sp³-hybridized carbons (Fsp3) is 0.500. The van der Waals surface area contributed by atoms with Gasteiger partial charge in [0.05, 0.1) is 21.2 Å². The Labute approximate surface area is 136 Å². The molecule has 20 heavy (non-hydrogen) atoms. The zero-order valence-electron chi connectivity index (χ0n) is 10.3. The molecule has 0 bridgehead atoms. The highest BCUT2D eigenvalue weighted by Gasteiger charge is 2.23. The Morgan fingerprint density at radius 3 is 2.60 bits per heavy atom. The van der Waals surface area contributed by atoms with Gasteiger partial charge in [0.25, 0.3) is 0 Å². The van der Waals surface area contributed by atoms with E-state index in [1.807, 2.05) is 0 Å². The molecule has 8 heteroatoms. The van der Waals surface area contributed by atoms with Crippen molar-refractivity contribution in [3.63, 3.8) is 0 Å². The summed E-state index contributed by atoms with van der Waals surface area (Å²) in [5.74, 6) is -0.704. The van der Waals surface area contributed by atoms with Crippen molar-refractivity contribution in [1.29, 1.82) is 0 Å². The quantitative estimate of drug-likeness (QED) is 0.592. The van der Waals surface area contributed by atoms with Crippen LogP contribution in [-0.4, -0.2) is 30.3 Å². The molecule has 1 atom stereocenters. The van der Waals surface area contributed by atoms with Gasteiger partial charge in [-0.05, 0) is 19.3 Å². The second-order valence-electron chi connectivity index (χ2n) is 4.28. The van der Waals surface area contributed by atoms with Gasteiger partial charge in [-0.2, -0.15) is 0 Å². The summed E-state index contributed by atoms with van der Waals surface area (Å²) in [7, 11) is 0. The molecule has 1 saturated heterocycles. The molecule has 0 amide bonds. The van der Waals surface area contributed by atoms with Crippen LogP contribution >= 0.6 is 46.4 Å². The van der Waals surface area contributed by atoms with Gasteiger partial charge in [0.1, 0.15) is 11.8 Å².